The molecular weight excluding hydrogens is 295 g/mol. The maximum Gasteiger partial charge on any atom is 0.329 e. The number of urea groups is 1. The van der Waals surface area contributed by atoms with E-state index in [1.165, 1.54) is 18.2 Å². The molecule has 1 aromatic rings. The van der Waals surface area contributed by atoms with Crippen LogP contribution in [0.3, 0.4) is 0 Å². The SMILES string of the molecule is O=C(O)CC1NC(=O)N(c2ccc(Cl)c(Cl)c2)C1=O. The van der Waals surface area contributed by atoms with Gasteiger partial charge in [0, 0.05) is 0 Å². The number of imide groups is 1. The highest BCUT2D eigenvalue weighted by Gasteiger charge is 2.40. The van der Waals surface area contributed by atoms with Crippen molar-refractivity contribution < 1.29 is 19.5 Å². The Kier molecular flexibility index (Phi) is 3.64. The third kappa shape index (κ3) is 2.64. The van der Waals surface area contributed by atoms with Crippen LogP contribution in [-0.2, 0) is 9.59 Å². The molecule has 1 saturated heterocycles. The molecular formula is C11H8Cl2N2O4. The predicted octanol–water partition coefficient (Wildman–Crippen LogP) is 1.89. The lowest BCUT2D eigenvalue weighted by molar-refractivity contribution is -0.139. The number of benzene rings is 1. The number of carbonyl (C=O) groups excluding carboxylic acids is 2. The van der Waals surface area contributed by atoms with E-state index in [-0.39, 0.29) is 10.7 Å². The van der Waals surface area contributed by atoms with Crippen LogP contribution in [0.25, 0.3) is 0 Å². The van der Waals surface area contributed by atoms with E-state index >= 15 is 0 Å². The standard InChI is InChI=1S/C11H8Cl2N2O4/c12-6-2-1-5(3-7(6)13)15-10(18)8(4-9(16)17)14-11(15)19/h1-3,8H,4H2,(H,14,19)(H,16,17). The molecule has 1 aromatic carbocycles. The summed E-state index contributed by atoms with van der Waals surface area (Å²) in [7, 11) is 0. The summed E-state index contributed by atoms with van der Waals surface area (Å²) < 4.78 is 0. The molecule has 1 unspecified atom stereocenters. The molecule has 1 atom stereocenters. The van der Waals surface area contributed by atoms with E-state index in [1.54, 1.807) is 0 Å². The molecule has 2 N–H and O–H groups in total. The lowest BCUT2D eigenvalue weighted by atomic mass is 10.2. The van der Waals surface area contributed by atoms with Gasteiger partial charge in [-0.25, -0.2) is 9.69 Å². The Morgan fingerprint density at radius 3 is 2.58 bits per heavy atom. The monoisotopic (exact) mass is 302 g/mol. The van der Waals surface area contributed by atoms with Gasteiger partial charge < -0.3 is 10.4 Å². The highest BCUT2D eigenvalue weighted by atomic mass is 35.5. The number of hydrogen-bond donors (Lipinski definition) is 2. The molecule has 6 nitrogen and oxygen atoms in total. The number of amides is 3. The molecule has 0 spiro atoms. The number of hydrogen-bond acceptors (Lipinski definition) is 3. The van der Waals surface area contributed by atoms with Gasteiger partial charge in [-0.05, 0) is 18.2 Å². The first-order valence-electron chi connectivity index (χ1n) is 5.21. The predicted molar refractivity (Wildman–Crippen MR) is 68.5 cm³/mol. The smallest absolute Gasteiger partial charge is 0.329 e. The number of carboxylic acid groups (broad SMARTS) is 1. The Morgan fingerprint density at radius 1 is 1.32 bits per heavy atom. The maximum atomic E-state index is 12.0. The topological polar surface area (TPSA) is 86.7 Å². The number of rotatable bonds is 3. The molecule has 3 amide bonds. The summed E-state index contributed by atoms with van der Waals surface area (Å²) >= 11 is 11.6. The summed E-state index contributed by atoms with van der Waals surface area (Å²) in [5, 5.41) is 11.4. The van der Waals surface area contributed by atoms with Gasteiger partial charge in [0.1, 0.15) is 6.04 Å². The van der Waals surface area contributed by atoms with Crippen molar-refractivity contribution >= 4 is 46.8 Å². The van der Waals surface area contributed by atoms with Crippen LogP contribution in [0.4, 0.5) is 10.5 Å². The first-order valence-corrected chi connectivity index (χ1v) is 5.97. The Bertz CT molecular complexity index is 576. The molecule has 1 heterocycles. The van der Waals surface area contributed by atoms with Gasteiger partial charge in [-0.15, -0.1) is 0 Å². The van der Waals surface area contributed by atoms with Gasteiger partial charge in [0.15, 0.2) is 0 Å². The minimum atomic E-state index is -1.17. The summed E-state index contributed by atoms with van der Waals surface area (Å²) in [6, 6.07) is 2.51. The van der Waals surface area contributed by atoms with Gasteiger partial charge in [0.2, 0.25) is 0 Å². The summed E-state index contributed by atoms with van der Waals surface area (Å²) in [5.41, 5.74) is 0.241. The van der Waals surface area contributed by atoms with E-state index in [0.717, 1.165) is 4.90 Å². The molecule has 8 heteroatoms. The molecule has 0 aromatic heterocycles. The molecule has 1 aliphatic heterocycles. The van der Waals surface area contributed by atoms with E-state index in [1.807, 2.05) is 0 Å². The largest absolute Gasteiger partial charge is 0.481 e. The van der Waals surface area contributed by atoms with Crippen molar-refractivity contribution in [1.82, 2.24) is 5.32 Å². The number of carboxylic acids is 1. The fourth-order valence-electron chi connectivity index (χ4n) is 1.71. The fraction of sp³-hybridized carbons (Fsp3) is 0.182. The van der Waals surface area contributed by atoms with Crippen molar-refractivity contribution in [1.29, 1.82) is 0 Å². The molecule has 0 saturated carbocycles. The Hall–Kier alpha value is -1.79. The van der Waals surface area contributed by atoms with Crippen LogP contribution in [0.5, 0.6) is 0 Å². The lowest BCUT2D eigenvalue weighted by Gasteiger charge is -2.13. The first kappa shape index (κ1) is 13.6. The summed E-state index contributed by atoms with van der Waals surface area (Å²) in [5.74, 6) is -1.81. The zero-order valence-corrected chi connectivity index (χ0v) is 10.9. The van der Waals surface area contributed by atoms with Gasteiger partial charge in [-0.1, -0.05) is 23.2 Å². The maximum absolute atomic E-state index is 12.0. The quantitative estimate of drug-likeness (QED) is 0.835. The average Bonchev–Trinajstić information content (AvgIpc) is 2.58. The second-order valence-corrected chi connectivity index (χ2v) is 4.69. The van der Waals surface area contributed by atoms with Crippen molar-refractivity contribution in [2.75, 3.05) is 4.90 Å². The van der Waals surface area contributed by atoms with Crippen LogP contribution in [0.1, 0.15) is 6.42 Å². The van der Waals surface area contributed by atoms with E-state index in [9.17, 15) is 14.4 Å². The minimum absolute atomic E-state index is 0.196. The van der Waals surface area contributed by atoms with Gasteiger partial charge in [0.25, 0.3) is 5.91 Å². The van der Waals surface area contributed by atoms with Gasteiger partial charge in [-0.2, -0.15) is 0 Å². The highest BCUT2D eigenvalue weighted by Crippen LogP contribution is 2.29. The van der Waals surface area contributed by atoms with E-state index in [4.69, 9.17) is 28.3 Å². The Labute approximate surface area is 117 Å². The van der Waals surface area contributed by atoms with Crippen LogP contribution in [0, 0.1) is 0 Å². The van der Waals surface area contributed by atoms with Crippen LogP contribution in [-0.4, -0.2) is 29.1 Å². The van der Waals surface area contributed by atoms with E-state index in [2.05, 4.69) is 5.32 Å². The van der Waals surface area contributed by atoms with Crippen molar-refractivity contribution in [3.8, 4) is 0 Å². The zero-order chi connectivity index (χ0) is 14.2. The van der Waals surface area contributed by atoms with Crippen molar-refractivity contribution in [2.45, 2.75) is 12.5 Å². The number of nitrogens with zero attached hydrogens (tertiary/aromatic N) is 1. The second kappa shape index (κ2) is 5.07. The molecule has 2 rings (SSSR count). The van der Waals surface area contributed by atoms with E-state index in [0.29, 0.717) is 5.02 Å². The second-order valence-electron chi connectivity index (χ2n) is 3.87. The fourth-order valence-corrected chi connectivity index (χ4v) is 2.01. The van der Waals surface area contributed by atoms with Crippen LogP contribution in [0.15, 0.2) is 18.2 Å². The summed E-state index contributed by atoms with van der Waals surface area (Å²) in [4.78, 5) is 35.1. The molecule has 0 aliphatic carbocycles. The van der Waals surface area contributed by atoms with Crippen LogP contribution < -0.4 is 10.2 Å². The van der Waals surface area contributed by atoms with Crippen molar-refractivity contribution in [2.24, 2.45) is 0 Å². The lowest BCUT2D eigenvalue weighted by Crippen LogP contribution is -2.32. The number of carbonyl (C=O) groups is 3. The third-order valence-corrected chi connectivity index (χ3v) is 3.30. The van der Waals surface area contributed by atoms with Crippen LogP contribution in [0.2, 0.25) is 10.0 Å². The Balaban J connectivity index is 2.29. The molecule has 0 bridgehead atoms. The molecule has 1 aliphatic rings. The highest BCUT2D eigenvalue weighted by molar-refractivity contribution is 6.42. The van der Waals surface area contributed by atoms with Gasteiger partial charge in [0.05, 0.1) is 22.2 Å². The molecule has 19 heavy (non-hydrogen) atoms. The average molecular weight is 303 g/mol. The molecule has 100 valence electrons. The third-order valence-electron chi connectivity index (χ3n) is 2.56. The van der Waals surface area contributed by atoms with Gasteiger partial charge >= 0.3 is 12.0 Å². The molecule has 0 radical (unpaired) electrons. The normalized spacial score (nSPS) is 18.6. The zero-order valence-electron chi connectivity index (χ0n) is 9.39. The van der Waals surface area contributed by atoms with Crippen LogP contribution >= 0.6 is 23.2 Å². The van der Waals surface area contributed by atoms with Gasteiger partial charge in [-0.3, -0.25) is 9.59 Å². The molecule has 1 fully saturated rings. The number of aliphatic carboxylic acids is 1. The Morgan fingerprint density at radius 2 is 2.00 bits per heavy atom. The van der Waals surface area contributed by atoms with E-state index < -0.39 is 30.4 Å². The first-order chi connectivity index (χ1) is 8.90. The number of nitrogens with one attached hydrogen (secondary N) is 1. The minimum Gasteiger partial charge on any atom is -0.481 e. The summed E-state index contributed by atoms with van der Waals surface area (Å²) in [6.07, 6.45) is -0.470. The number of halogens is 2. The van der Waals surface area contributed by atoms with Crippen molar-refractivity contribution in [3.63, 3.8) is 0 Å². The van der Waals surface area contributed by atoms with Crippen molar-refractivity contribution in [3.05, 3.63) is 28.2 Å². The summed E-state index contributed by atoms with van der Waals surface area (Å²) in [6.45, 7) is 0. The number of anilines is 1.